The Morgan fingerprint density at radius 2 is 1.72 bits per heavy atom. The first-order valence-electron chi connectivity index (χ1n) is 9.08. The predicted molar refractivity (Wildman–Crippen MR) is 104 cm³/mol. The molecule has 0 amide bonds. The summed E-state index contributed by atoms with van der Waals surface area (Å²) in [5, 5.41) is 10.4. The van der Waals surface area contributed by atoms with Crippen LogP contribution >= 0.6 is 0 Å². The largest absolute Gasteiger partial charge is 0.390 e. The fourth-order valence-electron chi connectivity index (χ4n) is 3.47. The summed E-state index contributed by atoms with van der Waals surface area (Å²) in [6.07, 6.45) is 3.04. The molecule has 0 fully saturated rings. The van der Waals surface area contributed by atoms with Crippen molar-refractivity contribution < 1.29 is 5.11 Å². The van der Waals surface area contributed by atoms with Crippen molar-refractivity contribution in [1.82, 2.24) is 9.80 Å². The third-order valence-electron chi connectivity index (χ3n) is 4.72. The third-order valence-corrected chi connectivity index (χ3v) is 4.72. The van der Waals surface area contributed by atoms with E-state index in [0.717, 1.165) is 32.6 Å². The van der Waals surface area contributed by atoms with Crippen molar-refractivity contribution in [2.75, 3.05) is 33.2 Å². The summed E-state index contributed by atoms with van der Waals surface area (Å²) in [7, 11) is 2.07. The third kappa shape index (κ3) is 5.53. The fourth-order valence-corrected chi connectivity index (χ4v) is 3.47. The van der Waals surface area contributed by atoms with Crippen LogP contribution < -0.4 is 0 Å². The molecule has 25 heavy (non-hydrogen) atoms. The molecule has 3 rings (SSSR count). The Balaban J connectivity index is 1.44. The topological polar surface area (TPSA) is 26.7 Å². The summed E-state index contributed by atoms with van der Waals surface area (Å²) in [5.74, 6) is 0. The highest BCUT2D eigenvalue weighted by Gasteiger charge is 2.17. The van der Waals surface area contributed by atoms with E-state index in [9.17, 15) is 5.11 Å². The minimum atomic E-state index is -0.319. The molecule has 1 atom stereocenters. The van der Waals surface area contributed by atoms with E-state index in [1.807, 2.05) is 6.07 Å². The van der Waals surface area contributed by atoms with Gasteiger partial charge in [-0.05, 0) is 30.2 Å². The summed E-state index contributed by atoms with van der Waals surface area (Å²) < 4.78 is 0. The number of hydrogen-bond donors (Lipinski definition) is 1. The lowest BCUT2D eigenvalue weighted by Gasteiger charge is -2.30. The first-order chi connectivity index (χ1) is 12.2. The maximum atomic E-state index is 10.4. The van der Waals surface area contributed by atoms with Crippen LogP contribution in [0.3, 0.4) is 0 Å². The van der Waals surface area contributed by atoms with Gasteiger partial charge in [0.2, 0.25) is 0 Å². The van der Waals surface area contributed by atoms with E-state index in [-0.39, 0.29) is 6.10 Å². The minimum Gasteiger partial charge on any atom is -0.390 e. The number of aliphatic hydroxyl groups excluding tert-OH is 1. The number of rotatable bonds is 7. The Kier molecular flexibility index (Phi) is 6.40. The van der Waals surface area contributed by atoms with Gasteiger partial charge in [-0.3, -0.25) is 9.80 Å². The predicted octanol–water partition coefficient (Wildman–Crippen LogP) is 3.27. The van der Waals surface area contributed by atoms with Crippen LogP contribution in [-0.4, -0.2) is 54.2 Å². The summed E-state index contributed by atoms with van der Waals surface area (Å²) in [5.41, 5.74) is 4.03. The Morgan fingerprint density at radius 1 is 1.04 bits per heavy atom. The van der Waals surface area contributed by atoms with Crippen LogP contribution in [0.1, 0.15) is 17.5 Å². The van der Waals surface area contributed by atoms with E-state index in [0.29, 0.717) is 6.54 Å². The Bertz CT molecular complexity index is 669. The number of likely N-dealkylation sites (N-methyl/N-ethyl adjacent to an activating group) is 1. The van der Waals surface area contributed by atoms with Gasteiger partial charge in [-0.15, -0.1) is 0 Å². The van der Waals surface area contributed by atoms with Crippen molar-refractivity contribution in [2.45, 2.75) is 19.1 Å². The zero-order chi connectivity index (χ0) is 17.5. The molecule has 0 saturated heterocycles. The quantitative estimate of drug-likeness (QED) is 0.841. The fraction of sp³-hybridized carbons (Fsp3) is 0.364. The van der Waals surface area contributed by atoms with Crippen molar-refractivity contribution in [3.63, 3.8) is 0 Å². The Labute approximate surface area is 151 Å². The van der Waals surface area contributed by atoms with Gasteiger partial charge in [0, 0.05) is 32.7 Å². The molecule has 0 aliphatic carbocycles. The van der Waals surface area contributed by atoms with Gasteiger partial charge in [0.25, 0.3) is 0 Å². The van der Waals surface area contributed by atoms with Gasteiger partial charge in [-0.2, -0.15) is 0 Å². The monoisotopic (exact) mass is 336 g/mol. The van der Waals surface area contributed by atoms with Gasteiger partial charge < -0.3 is 5.11 Å². The van der Waals surface area contributed by atoms with Gasteiger partial charge in [0.05, 0.1) is 6.10 Å². The molecule has 1 heterocycles. The van der Waals surface area contributed by atoms with Gasteiger partial charge in [0.15, 0.2) is 0 Å². The molecule has 0 radical (unpaired) electrons. The van der Waals surface area contributed by atoms with Gasteiger partial charge >= 0.3 is 0 Å². The molecule has 1 unspecified atom stereocenters. The van der Waals surface area contributed by atoms with Crippen LogP contribution in [0.2, 0.25) is 0 Å². The molecule has 0 aromatic heterocycles. The highest BCUT2D eigenvalue weighted by atomic mass is 16.3. The van der Waals surface area contributed by atoms with Crippen LogP contribution in [0.5, 0.6) is 0 Å². The van der Waals surface area contributed by atoms with Crippen LogP contribution in [0, 0.1) is 0 Å². The minimum absolute atomic E-state index is 0.319. The van der Waals surface area contributed by atoms with Crippen LogP contribution in [0.15, 0.2) is 66.7 Å². The zero-order valence-corrected chi connectivity index (χ0v) is 15.0. The smallest absolute Gasteiger partial charge is 0.0793 e. The summed E-state index contributed by atoms with van der Waals surface area (Å²) in [6, 6.07) is 21.0. The number of hydrogen-bond acceptors (Lipinski definition) is 3. The lowest BCUT2D eigenvalue weighted by molar-refractivity contribution is 0.0837. The van der Waals surface area contributed by atoms with Crippen molar-refractivity contribution >= 4 is 5.57 Å². The standard InChI is InChI=1S/C22H28N2O/c1-23(16-19-8-4-2-5-9-19)17-22(25)18-24-14-12-21(13-15-24)20-10-6-3-7-11-20/h2-12,22,25H,13-18H2,1H3. The molecule has 1 aliphatic rings. The average Bonchev–Trinajstić information content (AvgIpc) is 2.63. The number of aliphatic hydroxyl groups is 1. The normalized spacial score (nSPS) is 16.7. The molecule has 2 aromatic rings. The lowest BCUT2D eigenvalue weighted by Crippen LogP contribution is -2.40. The zero-order valence-electron chi connectivity index (χ0n) is 15.0. The highest BCUT2D eigenvalue weighted by molar-refractivity contribution is 5.66. The lowest BCUT2D eigenvalue weighted by atomic mass is 9.99. The van der Waals surface area contributed by atoms with Crippen molar-refractivity contribution in [3.8, 4) is 0 Å². The highest BCUT2D eigenvalue weighted by Crippen LogP contribution is 2.22. The number of benzene rings is 2. The van der Waals surface area contributed by atoms with Gasteiger partial charge in [-0.1, -0.05) is 66.7 Å². The molecule has 1 N–H and O–H groups in total. The first-order valence-corrected chi connectivity index (χ1v) is 9.08. The second-order valence-electron chi connectivity index (χ2n) is 6.94. The maximum Gasteiger partial charge on any atom is 0.0793 e. The second-order valence-corrected chi connectivity index (χ2v) is 6.94. The van der Waals surface area contributed by atoms with Crippen LogP contribution in [0.4, 0.5) is 0 Å². The Hall–Kier alpha value is -1.94. The second kappa shape index (κ2) is 8.95. The van der Waals surface area contributed by atoms with E-state index in [4.69, 9.17) is 0 Å². The number of β-amino-alcohol motifs (C(OH)–C–C–N with tert-alkyl or cyclic N) is 1. The number of nitrogens with zero attached hydrogens (tertiary/aromatic N) is 2. The van der Waals surface area contributed by atoms with E-state index >= 15 is 0 Å². The van der Waals surface area contributed by atoms with Crippen molar-refractivity contribution in [1.29, 1.82) is 0 Å². The molecule has 0 spiro atoms. The van der Waals surface area contributed by atoms with E-state index in [2.05, 4.69) is 77.5 Å². The van der Waals surface area contributed by atoms with E-state index < -0.39 is 0 Å². The Morgan fingerprint density at radius 3 is 2.36 bits per heavy atom. The molecule has 132 valence electrons. The molecule has 0 saturated carbocycles. The van der Waals surface area contributed by atoms with Gasteiger partial charge in [-0.25, -0.2) is 0 Å². The van der Waals surface area contributed by atoms with Crippen molar-refractivity contribution in [2.24, 2.45) is 0 Å². The summed E-state index contributed by atoms with van der Waals surface area (Å²) >= 11 is 0. The molecular formula is C22H28N2O. The van der Waals surface area contributed by atoms with E-state index in [1.165, 1.54) is 16.7 Å². The first kappa shape index (κ1) is 17.9. The molecule has 3 nitrogen and oxygen atoms in total. The molecular weight excluding hydrogens is 308 g/mol. The maximum absolute atomic E-state index is 10.4. The molecule has 1 aliphatic heterocycles. The summed E-state index contributed by atoms with van der Waals surface area (Å²) in [6.45, 7) is 4.23. The van der Waals surface area contributed by atoms with Crippen LogP contribution in [-0.2, 0) is 6.54 Å². The average molecular weight is 336 g/mol. The van der Waals surface area contributed by atoms with Crippen molar-refractivity contribution in [3.05, 3.63) is 77.9 Å². The van der Waals surface area contributed by atoms with Gasteiger partial charge in [0.1, 0.15) is 0 Å². The molecule has 2 aromatic carbocycles. The molecule has 3 heteroatoms. The molecule has 0 bridgehead atoms. The van der Waals surface area contributed by atoms with Crippen LogP contribution in [0.25, 0.3) is 5.57 Å². The SMILES string of the molecule is CN(Cc1ccccc1)CC(O)CN1CC=C(c2ccccc2)CC1. The van der Waals surface area contributed by atoms with E-state index in [1.54, 1.807) is 0 Å². The summed E-state index contributed by atoms with van der Waals surface area (Å²) in [4.78, 5) is 4.53.